The van der Waals surface area contributed by atoms with Crippen LogP contribution in [0.3, 0.4) is 0 Å². The Hall–Kier alpha value is -0.650. The molecule has 0 amide bonds. The van der Waals surface area contributed by atoms with Crippen LogP contribution >= 0.6 is 38.9 Å². The van der Waals surface area contributed by atoms with Gasteiger partial charge in [-0.25, -0.2) is 9.97 Å². The molecule has 0 spiro atoms. The summed E-state index contributed by atoms with van der Waals surface area (Å²) in [5.41, 5.74) is 9.79. The number of nitrogens with zero attached hydrogens (tertiary/aromatic N) is 2. The highest BCUT2D eigenvalue weighted by atomic mass is 79.9. The third-order valence-electron chi connectivity index (χ3n) is 1.72. The maximum Gasteiger partial charge on any atom is 0.145 e. The van der Waals surface area contributed by atoms with Crippen molar-refractivity contribution >= 4 is 44.6 Å². The SMILES string of the molecule is Nc1c(-c2cscn2)cnc(Cl)c1Br. The van der Waals surface area contributed by atoms with Crippen molar-refractivity contribution in [3.05, 3.63) is 26.7 Å². The summed E-state index contributed by atoms with van der Waals surface area (Å²) in [6.45, 7) is 0. The van der Waals surface area contributed by atoms with E-state index in [1.807, 2.05) is 5.38 Å². The van der Waals surface area contributed by atoms with Crippen LogP contribution in [-0.4, -0.2) is 9.97 Å². The lowest BCUT2D eigenvalue weighted by atomic mass is 10.2. The molecule has 0 aromatic carbocycles. The molecule has 0 aliphatic carbocycles. The first-order chi connectivity index (χ1) is 6.70. The molecule has 2 aromatic rings. The van der Waals surface area contributed by atoms with Crippen molar-refractivity contribution in [2.75, 3.05) is 5.73 Å². The van der Waals surface area contributed by atoms with Crippen LogP contribution in [0.4, 0.5) is 5.69 Å². The average molecular weight is 291 g/mol. The van der Waals surface area contributed by atoms with Gasteiger partial charge in [0.25, 0.3) is 0 Å². The van der Waals surface area contributed by atoms with Crippen LogP contribution in [0.15, 0.2) is 21.6 Å². The quantitative estimate of drug-likeness (QED) is 0.821. The van der Waals surface area contributed by atoms with Crippen molar-refractivity contribution in [3.63, 3.8) is 0 Å². The third kappa shape index (κ3) is 1.63. The molecule has 0 unspecified atom stereocenters. The monoisotopic (exact) mass is 289 g/mol. The van der Waals surface area contributed by atoms with E-state index in [2.05, 4.69) is 25.9 Å². The Balaban J connectivity index is 2.61. The second-order valence-electron chi connectivity index (χ2n) is 2.56. The van der Waals surface area contributed by atoms with Crippen LogP contribution in [-0.2, 0) is 0 Å². The van der Waals surface area contributed by atoms with E-state index < -0.39 is 0 Å². The standard InChI is InChI=1S/C8H5BrClN3S/c9-6-7(11)4(1-12-8(6)10)5-2-14-3-13-5/h1-3H,(H2,11,12). The van der Waals surface area contributed by atoms with Gasteiger partial charge in [-0.05, 0) is 15.9 Å². The van der Waals surface area contributed by atoms with E-state index in [0.29, 0.717) is 15.3 Å². The zero-order chi connectivity index (χ0) is 10.1. The lowest BCUT2D eigenvalue weighted by Gasteiger charge is -2.05. The zero-order valence-corrected chi connectivity index (χ0v) is 10.0. The van der Waals surface area contributed by atoms with Crippen molar-refractivity contribution < 1.29 is 0 Å². The Labute approximate surface area is 98.1 Å². The zero-order valence-electron chi connectivity index (χ0n) is 6.87. The molecule has 0 aliphatic rings. The van der Waals surface area contributed by atoms with Gasteiger partial charge in [-0.3, -0.25) is 0 Å². The lowest BCUT2D eigenvalue weighted by Crippen LogP contribution is -1.94. The fourth-order valence-corrected chi connectivity index (χ4v) is 2.05. The highest BCUT2D eigenvalue weighted by Gasteiger charge is 2.11. The first-order valence-corrected chi connectivity index (χ1v) is 5.79. The number of aromatic nitrogens is 2. The van der Waals surface area contributed by atoms with Crippen LogP contribution in [0.2, 0.25) is 5.15 Å². The number of rotatable bonds is 1. The summed E-state index contributed by atoms with van der Waals surface area (Å²) >= 11 is 10.6. The smallest absolute Gasteiger partial charge is 0.145 e. The Morgan fingerprint density at radius 3 is 2.86 bits per heavy atom. The average Bonchev–Trinajstić information content (AvgIpc) is 2.67. The van der Waals surface area contributed by atoms with Crippen molar-refractivity contribution in [1.82, 2.24) is 9.97 Å². The Morgan fingerprint density at radius 2 is 2.21 bits per heavy atom. The van der Waals surface area contributed by atoms with E-state index in [9.17, 15) is 0 Å². The maximum absolute atomic E-state index is 5.87. The van der Waals surface area contributed by atoms with Gasteiger partial charge in [0.15, 0.2) is 0 Å². The largest absolute Gasteiger partial charge is 0.397 e. The summed E-state index contributed by atoms with van der Waals surface area (Å²) in [7, 11) is 0. The summed E-state index contributed by atoms with van der Waals surface area (Å²) in [4.78, 5) is 8.15. The van der Waals surface area contributed by atoms with Crippen LogP contribution in [0, 0.1) is 0 Å². The minimum absolute atomic E-state index is 0.362. The van der Waals surface area contributed by atoms with E-state index in [4.69, 9.17) is 17.3 Å². The number of anilines is 1. The Kier molecular flexibility index (Phi) is 2.71. The minimum Gasteiger partial charge on any atom is -0.397 e. The molecule has 0 bridgehead atoms. The first kappa shape index (κ1) is 9.89. The van der Waals surface area contributed by atoms with Crippen molar-refractivity contribution in [2.45, 2.75) is 0 Å². The molecule has 2 heterocycles. The molecular weight excluding hydrogens is 286 g/mol. The van der Waals surface area contributed by atoms with Gasteiger partial charge in [-0.2, -0.15) is 0 Å². The molecular formula is C8H5BrClN3S. The summed E-state index contributed by atoms with van der Waals surface area (Å²) < 4.78 is 0.615. The second-order valence-corrected chi connectivity index (χ2v) is 4.43. The summed E-state index contributed by atoms with van der Waals surface area (Å²) in [5.74, 6) is 0. The predicted octanol–water partition coefficient (Wildman–Crippen LogP) is 3.20. The van der Waals surface area contributed by atoms with E-state index in [1.54, 1.807) is 11.7 Å². The molecule has 0 atom stereocenters. The van der Waals surface area contributed by atoms with Gasteiger partial charge in [0, 0.05) is 17.1 Å². The molecule has 2 aromatic heterocycles. The fourth-order valence-electron chi connectivity index (χ4n) is 1.03. The van der Waals surface area contributed by atoms with Crippen LogP contribution < -0.4 is 5.73 Å². The van der Waals surface area contributed by atoms with Crippen LogP contribution in [0.5, 0.6) is 0 Å². The number of thiazole rings is 1. The molecule has 2 N–H and O–H groups in total. The van der Waals surface area contributed by atoms with Gasteiger partial charge in [-0.1, -0.05) is 11.6 Å². The number of hydrogen-bond donors (Lipinski definition) is 1. The molecule has 0 fully saturated rings. The molecule has 3 nitrogen and oxygen atoms in total. The first-order valence-electron chi connectivity index (χ1n) is 3.68. The number of nitrogens with two attached hydrogens (primary N) is 1. The topological polar surface area (TPSA) is 51.8 Å². The molecule has 0 saturated heterocycles. The maximum atomic E-state index is 5.87. The number of halogens is 2. The fraction of sp³-hybridized carbons (Fsp3) is 0. The Morgan fingerprint density at radius 1 is 1.43 bits per heavy atom. The number of hydrogen-bond acceptors (Lipinski definition) is 4. The summed E-state index contributed by atoms with van der Waals surface area (Å²) in [6.07, 6.45) is 1.62. The number of pyridine rings is 1. The van der Waals surface area contributed by atoms with Gasteiger partial charge < -0.3 is 5.73 Å². The molecule has 72 valence electrons. The Bertz CT molecular complexity index is 458. The minimum atomic E-state index is 0.362. The van der Waals surface area contributed by atoms with Crippen molar-refractivity contribution in [2.24, 2.45) is 0 Å². The predicted molar refractivity (Wildman–Crippen MR) is 62.5 cm³/mol. The molecule has 0 saturated carbocycles. The van der Waals surface area contributed by atoms with E-state index in [-0.39, 0.29) is 0 Å². The summed E-state index contributed by atoms with van der Waals surface area (Å²) in [6, 6.07) is 0. The van der Waals surface area contributed by atoms with Crippen molar-refractivity contribution in [3.8, 4) is 11.3 Å². The van der Waals surface area contributed by atoms with Gasteiger partial charge in [0.05, 0.1) is 21.4 Å². The van der Waals surface area contributed by atoms with Gasteiger partial charge in [0.2, 0.25) is 0 Å². The van der Waals surface area contributed by atoms with Crippen molar-refractivity contribution in [1.29, 1.82) is 0 Å². The highest BCUT2D eigenvalue weighted by molar-refractivity contribution is 9.10. The third-order valence-corrected chi connectivity index (χ3v) is 3.63. The normalized spacial score (nSPS) is 10.4. The van der Waals surface area contributed by atoms with Crippen LogP contribution in [0.1, 0.15) is 0 Å². The molecule has 0 aliphatic heterocycles. The second kappa shape index (κ2) is 3.84. The molecule has 6 heteroatoms. The lowest BCUT2D eigenvalue weighted by molar-refractivity contribution is 1.29. The summed E-state index contributed by atoms with van der Waals surface area (Å²) in [5, 5.41) is 2.27. The van der Waals surface area contributed by atoms with E-state index >= 15 is 0 Å². The van der Waals surface area contributed by atoms with E-state index in [0.717, 1.165) is 11.3 Å². The van der Waals surface area contributed by atoms with E-state index in [1.165, 1.54) is 11.3 Å². The molecule has 0 radical (unpaired) electrons. The number of nitrogen functional groups attached to an aromatic ring is 1. The molecule has 2 rings (SSSR count). The molecule has 14 heavy (non-hydrogen) atoms. The van der Waals surface area contributed by atoms with Gasteiger partial charge in [0.1, 0.15) is 5.15 Å². The highest BCUT2D eigenvalue weighted by Crippen LogP contribution is 2.34. The van der Waals surface area contributed by atoms with Gasteiger partial charge in [-0.15, -0.1) is 11.3 Å². The van der Waals surface area contributed by atoms with Crippen LogP contribution in [0.25, 0.3) is 11.3 Å². The van der Waals surface area contributed by atoms with Gasteiger partial charge >= 0.3 is 0 Å².